The first-order valence-corrected chi connectivity index (χ1v) is 9.36. The second-order valence-corrected chi connectivity index (χ2v) is 8.56. The molecular formula is C17H25N3O4S. The molecule has 0 aromatic heterocycles. The van der Waals surface area contributed by atoms with Gasteiger partial charge in [-0.05, 0) is 6.92 Å². The Morgan fingerprint density at radius 1 is 1.48 bits per heavy atom. The van der Waals surface area contributed by atoms with Crippen molar-refractivity contribution >= 4 is 23.6 Å². The first-order valence-electron chi connectivity index (χ1n) is 8.48. The Bertz CT molecular complexity index is 658. The molecule has 1 unspecified atom stereocenters. The number of β-lactam (4-membered cyclic amide) rings is 1. The van der Waals surface area contributed by atoms with E-state index in [0.29, 0.717) is 0 Å². The molecule has 2 fully saturated rings. The maximum Gasteiger partial charge on any atom is 0.353 e. The highest BCUT2D eigenvalue weighted by atomic mass is 32.2. The molecule has 3 N–H and O–H groups in total. The molecule has 0 spiro atoms. The lowest BCUT2D eigenvalue weighted by molar-refractivity contribution is -0.163. The van der Waals surface area contributed by atoms with Crippen LogP contribution in [0.15, 0.2) is 22.5 Å². The SMILES string of the molecule is C[C@@H](O)[C@H]1C(=O)N2C(C(=O)O)=C(SC3CN/C(=C/N(C)C)C3)[C@H](C)[C@H]12. The Hall–Kier alpha value is -1.67. The predicted molar refractivity (Wildman–Crippen MR) is 95.4 cm³/mol. The summed E-state index contributed by atoms with van der Waals surface area (Å²) in [5, 5.41) is 23.1. The average Bonchev–Trinajstić information content (AvgIpc) is 3.01. The van der Waals surface area contributed by atoms with E-state index in [9.17, 15) is 19.8 Å². The van der Waals surface area contributed by atoms with Crippen LogP contribution in [0.3, 0.4) is 0 Å². The van der Waals surface area contributed by atoms with Crippen molar-refractivity contribution in [2.24, 2.45) is 11.8 Å². The number of carbonyl (C=O) groups is 2. The molecular weight excluding hydrogens is 342 g/mol. The van der Waals surface area contributed by atoms with Crippen LogP contribution >= 0.6 is 11.8 Å². The summed E-state index contributed by atoms with van der Waals surface area (Å²) in [5.41, 5.74) is 1.24. The summed E-state index contributed by atoms with van der Waals surface area (Å²) in [4.78, 5) is 28.2. The second-order valence-electron chi connectivity index (χ2n) is 7.21. The number of aliphatic carboxylic acids is 1. The number of carboxylic acids is 1. The van der Waals surface area contributed by atoms with Crippen molar-refractivity contribution < 1.29 is 19.8 Å². The number of amides is 1. The highest BCUT2D eigenvalue weighted by molar-refractivity contribution is 8.03. The first-order chi connectivity index (χ1) is 11.7. The van der Waals surface area contributed by atoms with Crippen molar-refractivity contribution in [2.75, 3.05) is 20.6 Å². The van der Waals surface area contributed by atoms with Gasteiger partial charge in [0.25, 0.3) is 0 Å². The van der Waals surface area contributed by atoms with Crippen molar-refractivity contribution in [2.45, 2.75) is 37.7 Å². The molecule has 8 heteroatoms. The molecule has 138 valence electrons. The van der Waals surface area contributed by atoms with Crippen LogP contribution in [-0.2, 0) is 9.59 Å². The number of carbonyl (C=O) groups excluding carboxylic acids is 1. The summed E-state index contributed by atoms with van der Waals surface area (Å²) in [6.07, 6.45) is 2.11. The Balaban J connectivity index is 1.81. The number of hydrogen-bond donors (Lipinski definition) is 3. The first kappa shape index (κ1) is 18.1. The summed E-state index contributed by atoms with van der Waals surface area (Å²) in [6.45, 7) is 4.32. The number of nitrogens with zero attached hydrogens (tertiary/aromatic N) is 2. The molecule has 5 atom stereocenters. The Morgan fingerprint density at radius 3 is 2.72 bits per heavy atom. The van der Waals surface area contributed by atoms with E-state index >= 15 is 0 Å². The Morgan fingerprint density at radius 2 is 2.16 bits per heavy atom. The van der Waals surface area contributed by atoms with Crippen LogP contribution < -0.4 is 5.32 Å². The maximum absolute atomic E-state index is 12.3. The monoisotopic (exact) mass is 367 g/mol. The predicted octanol–water partition coefficient (Wildman–Crippen LogP) is 0.638. The molecule has 3 aliphatic heterocycles. The van der Waals surface area contributed by atoms with Crippen molar-refractivity contribution in [3.8, 4) is 0 Å². The number of allylic oxidation sites excluding steroid dienone is 1. The maximum atomic E-state index is 12.3. The summed E-state index contributed by atoms with van der Waals surface area (Å²) < 4.78 is 0. The highest BCUT2D eigenvalue weighted by Gasteiger charge is 2.60. The third-order valence-corrected chi connectivity index (χ3v) is 6.51. The fourth-order valence-corrected chi connectivity index (χ4v) is 5.43. The van der Waals surface area contributed by atoms with Gasteiger partial charge in [-0.25, -0.2) is 4.79 Å². The minimum Gasteiger partial charge on any atom is -0.477 e. The largest absolute Gasteiger partial charge is 0.477 e. The molecule has 0 aromatic carbocycles. The van der Waals surface area contributed by atoms with E-state index in [4.69, 9.17) is 0 Å². The normalized spacial score (nSPS) is 34.0. The minimum atomic E-state index is -1.07. The number of rotatable bonds is 5. The molecule has 1 amide bonds. The third-order valence-electron chi connectivity index (χ3n) is 5.02. The number of nitrogens with one attached hydrogen (secondary N) is 1. The molecule has 7 nitrogen and oxygen atoms in total. The molecule has 0 aliphatic carbocycles. The lowest BCUT2D eigenvalue weighted by atomic mass is 9.79. The van der Waals surface area contributed by atoms with E-state index < -0.39 is 18.0 Å². The zero-order valence-corrected chi connectivity index (χ0v) is 15.7. The topological polar surface area (TPSA) is 93.1 Å². The van der Waals surface area contributed by atoms with E-state index in [1.165, 1.54) is 4.90 Å². The standard InChI is InChI=1S/C17H25N3O4S/c1-8-13-12(9(2)21)16(22)20(13)14(17(23)24)15(8)25-11-5-10(18-6-11)7-19(3)4/h7-9,11-13,18,21H,5-6H2,1-4H3,(H,23,24)/b10-7+/t8-,9-,11?,12-,13-/m1/s1. The van der Waals surface area contributed by atoms with E-state index in [0.717, 1.165) is 23.6 Å². The van der Waals surface area contributed by atoms with Crippen LogP contribution in [0.25, 0.3) is 0 Å². The molecule has 0 saturated carbocycles. The van der Waals surface area contributed by atoms with Gasteiger partial charge in [-0.3, -0.25) is 4.79 Å². The lowest BCUT2D eigenvalue weighted by Gasteiger charge is -2.46. The van der Waals surface area contributed by atoms with Gasteiger partial charge in [0, 0.05) is 55.0 Å². The van der Waals surface area contributed by atoms with E-state index in [-0.39, 0.29) is 28.8 Å². The molecule has 3 rings (SSSR count). The Labute approximate surface area is 151 Å². The number of aliphatic hydroxyl groups is 1. The van der Waals surface area contributed by atoms with Gasteiger partial charge in [-0.2, -0.15) is 0 Å². The van der Waals surface area contributed by atoms with Crippen LogP contribution in [0.1, 0.15) is 20.3 Å². The number of hydrogen-bond acceptors (Lipinski definition) is 6. The lowest BCUT2D eigenvalue weighted by Crippen LogP contribution is -2.63. The number of thioether (sulfide) groups is 1. The van der Waals surface area contributed by atoms with Crippen molar-refractivity contribution in [3.63, 3.8) is 0 Å². The molecule has 0 bridgehead atoms. The van der Waals surface area contributed by atoms with Crippen LogP contribution in [0.5, 0.6) is 0 Å². The molecule has 0 aromatic rings. The van der Waals surface area contributed by atoms with Crippen molar-refractivity contribution in [1.29, 1.82) is 0 Å². The number of carboxylic acid groups (broad SMARTS) is 1. The van der Waals surface area contributed by atoms with Crippen LogP contribution in [-0.4, -0.2) is 69.9 Å². The fraction of sp³-hybridized carbons (Fsp3) is 0.647. The Kier molecular flexibility index (Phi) is 4.76. The van der Waals surface area contributed by atoms with E-state index in [1.54, 1.807) is 18.7 Å². The third kappa shape index (κ3) is 3.01. The fourth-order valence-electron chi connectivity index (χ4n) is 3.99. The van der Waals surface area contributed by atoms with Gasteiger partial charge in [0.15, 0.2) is 0 Å². The van der Waals surface area contributed by atoms with Crippen LogP contribution in [0, 0.1) is 11.8 Å². The molecule has 0 radical (unpaired) electrons. The van der Waals surface area contributed by atoms with Crippen molar-refractivity contribution in [1.82, 2.24) is 15.1 Å². The minimum absolute atomic E-state index is 0.0738. The van der Waals surface area contributed by atoms with Gasteiger partial charge in [0.2, 0.25) is 5.91 Å². The molecule has 3 heterocycles. The number of fused-ring (bicyclic) bond motifs is 1. The summed E-state index contributed by atoms with van der Waals surface area (Å²) in [7, 11) is 3.93. The second kappa shape index (κ2) is 6.57. The van der Waals surface area contributed by atoms with E-state index in [2.05, 4.69) is 5.32 Å². The van der Waals surface area contributed by atoms with Gasteiger partial charge in [0.05, 0.1) is 18.1 Å². The molecule has 2 saturated heterocycles. The van der Waals surface area contributed by atoms with Gasteiger partial charge in [-0.1, -0.05) is 6.92 Å². The van der Waals surface area contributed by atoms with Crippen LogP contribution in [0.2, 0.25) is 0 Å². The zero-order chi connectivity index (χ0) is 18.5. The summed E-state index contributed by atoms with van der Waals surface area (Å²) in [6, 6.07) is -0.243. The molecule has 25 heavy (non-hydrogen) atoms. The van der Waals surface area contributed by atoms with Crippen molar-refractivity contribution in [3.05, 3.63) is 22.5 Å². The van der Waals surface area contributed by atoms with Gasteiger partial charge in [0.1, 0.15) is 5.70 Å². The van der Waals surface area contributed by atoms with Gasteiger partial charge in [-0.15, -0.1) is 11.8 Å². The molecule has 3 aliphatic rings. The van der Waals surface area contributed by atoms with Gasteiger partial charge >= 0.3 is 5.97 Å². The average molecular weight is 367 g/mol. The summed E-state index contributed by atoms with van der Waals surface area (Å²) >= 11 is 1.55. The van der Waals surface area contributed by atoms with Crippen LogP contribution in [0.4, 0.5) is 0 Å². The quantitative estimate of drug-likeness (QED) is 0.614. The smallest absolute Gasteiger partial charge is 0.353 e. The zero-order valence-electron chi connectivity index (χ0n) is 14.9. The highest BCUT2D eigenvalue weighted by Crippen LogP contribution is 2.51. The summed E-state index contributed by atoms with van der Waals surface area (Å²) in [5.74, 6) is -1.93. The number of aliphatic hydroxyl groups excluding tert-OH is 1. The van der Waals surface area contributed by atoms with E-state index in [1.807, 2.05) is 32.1 Å². The van der Waals surface area contributed by atoms with Gasteiger partial charge < -0.3 is 25.3 Å².